The second-order valence-corrected chi connectivity index (χ2v) is 7.56. The number of piperazine rings is 1. The summed E-state index contributed by atoms with van der Waals surface area (Å²) in [6, 6.07) is 2.91. The molecule has 3 rings (SSSR count). The summed E-state index contributed by atoms with van der Waals surface area (Å²) in [4.78, 5) is 2.23. The van der Waals surface area contributed by atoms with E-state index in [1.54, 1.807) is 0 Å². The van der Waals surface area contributed by atoms with Gasteiger partial charge < -0.3 is 14.8 Å². The van der Waals surface area contributed by atoms with Crippen molar-refractivity contribution in [3.63, 3.8) is 0 Å². The van der Waals surface area contributed by atoms with Crippen LogP contribution in [0.5, 0.6) is 11.5 Å². The van der Waals surface area contributed by atoms with E-state index in [1.807, 2.05) is 0 Å². The molecule has 0 bridgehead atoms. The van der Waals surface area contributed by atoms with Gasteiger partial charge >= 0.3 is 0 Å². The average Bonchev–Trinajstić information content (AvgIpc) is 2.55. The van der Waals surface area contributed by atoms with E-state index in [9.17, 15) is 8.42 Å². The molecular formula is C14H22Cl3N3O4S. The number of sulfonamides is 1. The third-order valence-corrected chi connectivity index (χ3v) is 5.74. The molecule has 1 aromatic carbocycles. The first-order chi connectivity index (χ1) is 11.1. The summed E-state index contributed by atoms with van der Waals surface area (Å²) < 4.78 is 38.3. The van der Waals surface area contributed by atoms with Gasteiger partial charge in [-0.15, -0.1) is 24.8 Å². The number of hydrogen-bond donors (Lipinski definition) is 2. The zero-order chi connectivity index (χ0) is 16.3. The summed E-state index contributed by atoms with van der Waals surface area (Å²) in [6.07, 6.45) is 0. The molecule has 1 fully saturated rings. The maximum atomic E-state index is 12.5. The molecule has 11 heteroatoms. The first-order valence-corrected chi connectivity index (χ1v) is 9.44. The Balaban J connectivity index is 0.00000156. The standard InChI is InChI=1S/C14H20ClN3O4S.2ClH/c15-11-9-12-13(22-8-7-21-12)10-14(11)23(19,20)17-3-6-18-4-1-16-2-5-18;;/h9-10,16-17H,1-8H2;2*1H. The fraction of sp³-hybridized carbons (Fsp3) is 0.571. The largest absolute Gasteiger partial charge is 0.486 e. The van der Waals surface area contributed by atoms with Gasteiger partial charge in [0.2, 0.25) is 10.0 Å². The van der Waals surface area contributed by atoms with Crippen molar-refractivity contribution < 1.29 is 17.9 Å². The van der Waals surface area contributed by atoms with Crippen molar-refractivity contribution in [3.8, 4) is 11.5 Å². The zero-order valence-electron chi connectivity index (χ0n) is 13.5. The van der Waals surface area contributed by atoms with Crippen molar-refractivity contribution in [3.05, 3.63) is 17.2 Å². The Bertz CT molecular complexity index is 670. The summed E-state index contributed by atoms with van der Waals surface area (Å²) in [7, 11) is -3.69. The molecule has 0 saturated carbocycles. The van der Waals surface area contributed by atoms with Crippen LogP contribution in [0.1, 0.15) is 0 Å². The predicted octanol–water partition coefficient (Wildman–Crippen LogP) is 1.14. The number of halogens is 3. The van der Waals surface area contributed by atoms with Gasteiger partial charge in [0, 0.05) is 51.4 Å². The molecule has 2 aliphatic heterocycles. The maximum absolute atomic E-state index is 12.5. The van der Waals surface area contributed by atoms with Crippen LogP contribution in [0.2, 0.25) is 5.02 Å². The van der Waals surface area contributed by atoms with Crippen molar-refractivity contribution >= 4 is 46.4 Å². The Morgan fingerprint density at radius 2 is 1.72 bits per heavy atom. The van der Waals surface area contributed by atoms with E-state index in [0.717, 1.165) is 26.2 Å². The van der Waals surface area contributed by atoms with Crippen LogP contribution in [0.3, 0.4) is 0 Å². The summed E-state index contributed by atoms with van der Waals surface area (Å²) in [5.74, 6) is 0.879. The number of rotatable bonds is 5. The molecule has 25 heavy (non-hydrogen) atoms. The predicted molar refractivity (Wildman–Crippen MR) is 101 cm³/mol. The van der Waals surface area contributed by atoms with E-state index in [4.69, 9.17) is 21.1 Å². The van der Waals surface area contributed by atoms with Crippen LogP contribution in [-0.2, 0) is 10.0 Å². The van der Waals surface area contributed by atoms with E-state index in [2.05, 4.69) is 14.9 Å². The highest BCUT2D eigenvalue weighted by atomic mass is 35.5. The van der Waals surface area contributed by atoms with Gasteiger partial charge in [-0.2, -0.15) is 0 Å². The molecule has 0 unspecified atom stereocenters. The van der Waals surface area contributed by atoms with E-state index >= 15 is 0 Å². The Morgan fingerprint density at radius 1 is 1.12 bits per heavy atom. The van der Waals surface area contributed by atoms with E-state index in [0.29, 0.717) is 37.8 Å². The molecule has 1 saturated heterocycles. The van der Waals surface area contributed by atoms with E-state index in [1.165, 1.54) is 12.1 Å². The summed E-state index contributed by atoms with van der Waals surface area (Å²) in [6.45, 7) is 5.54. The average molecular weight is 435 g/mol. The van der Waals surface area contributed by atoms with Gasteiger partial charge in [-0.1, -0.05) is 11.6 Å². The highest BCUT2D eigenvalue weighted by Crippen LogP contribution is 2.37. The summed E-state index contributed by atoms with van der Waals surface area (Å²) in [5, 5.41) is 3.39. The van der Waals surface area contributed by atoms with Gasteiger partial charge in [0.1, 0.15) is 18.1 Å². The monoisotopic (exact) mass is 433 g/mol. The van der Waals surface area contributed by atoms with Crippen LogP contribution in [0.4, 0.5) is 0 Å². The fourth-order valence-electron chi connectivity index (χ4n) is 2.60. The number of ether oxygens (including phenoxy) is 2. The molecule has 2 heterocycles. The minimum atomic E-state index is -3.69. The van der Waals surface area contributed by atoms with Gasteiger partial charge in [-0.05, 0) is 0 Å². The lowest BCUT2D eigenvalue weighted by Gasteiger charge is -2.27. The molecule has 0 atom stereocenters. The van der Waals surface area contributed by atoms with Crippen molar-refractivity contribution in [2.24, 2.45) is 0 Å². The Hall–Kier alpha value is -0.480. The lowest BCUT2D eigenvalue weighted by Crippen LogP contribution is -2.46. The number of benzene rings is 1. The molecular weight excluding hydrogens is 413 g/mol. The van der Waals surface area contributed by atoms with Crippen LogP contribution in [-0.4, -0.2) is 65.8 Å². The second kappa shape index (κ2) is 10.0. The Kier molecular flexibility index (Phi) is 9.03. The summed E-state index contributed by atoms with van der Waals surface area (Å²) in [5.41, 5.74) is 0. The van der Waals surface area contributed by atoms with Gasteiger partial charge in [0.25, 0.3) is 0 Å². The van der Waals surface area contributed by atoms with Gasteiger partial charge in [0.05, 0.1) is 5.02 Å². The van der Waals surface area contributed by atoms with E-state index in [-0.39, 0.29) is 34.7 Å². The minimum absolute atomic E-state index is 0. The normalized spacial score (nSPS) is 17.3. The quantitative estimate of drug-likeness (QED) is 0.723. The van der Waals surface area contributed by atoms with Gasteiger partial charge in [-0.3, -0.25) is 4.90 Å². The third-order valence-electron chi connectivity index (χ3n) is 3.82. The first kappa shape index (κ1) is 22.6. The summed E-state index contributed by atoms with van der Waals surface area (Å²) >= 11 is 6.10. The lowest BCUT2D eigenvalue weighted by molar-refractivity contribution is 0.171. The fourth-order valence-corrected chi connectivity index (χ4v) is 4.15. The molecule has 144 valence electrons. The van der Waals surface area contributed by atoms with Crippen molar-refractivity contribution in [1.82, 2.24) is 14.9 Å². The molecule has 2 aliphatic rings. The smallest absolute Gasteiger partial charge is 0.242 e. The number of nitrogens with one attached hydrogen (secondary N) is 2. The molecule has 0 radical (unpaired) electrons. The van der Waals surface area contributed by atoms with Crippen LogP contribution < -0.4 is 19.5 Å². The molecule has 2 N–H and O–H groups in total. The molecule has 0 amide bonds. The maximum Gasteiger partial charge on any atom is 0.242 e. The highest BCUT2D eigenvalue weighted by Gasteiger charge is 2.23. The molecule has 0 spiro atoms. The third kappa shape index (κ3) is 5.75. The topological polar surface area (TPSA) is 79.9 Å². The zero-order valence-corrected chi connectivity index (χ0v) is 16.7. The van der Waals surface area contributed by atoms with Crippen molar-refractivity contribution in [1.29, 1.82) is 0 Å². The van der Waals surface area contributed by atoms with Crippen LogP contribution in [0, 0.1) is 0 Å². The second-order valence-electron chi connectivity index (χ2n) is 5.42. The van der Waals surface area contributed by atoms with Crippen LogP contribution in [0.25, 0.3) is 0 Å². The SMILES string of the molecule is Cl.Cl.O=S(=O)(NCCN1CCNCC1)c1cc2c(cc1Cl)OCCO2. The van der Waals surface area contributed by atoms with Gasteiger partial charge in [-0.25, -0.2) is 13.1 Å². The highest BCUT2D eigenvalue weighted by molar-refractivity contribution is 7.89. The number of fused-ring (bicyclic) bond motifs is 1. The van der Waals surface area contributed by atoms with Crippen molar-refractivity contribution in [2.45, 2.75) is 4.90 Å². The molecule has 0 aliphatic carbocycles. The van der Waals surface area contributed by atoms with Crippen LogP contribution in [0.15, 0.2) is 17.0 Å². The Labute approximate surface area is 165 Å². The first-order valence-electron chi connectivity index (χ1n) is 7.58. The molecule has 7 nitrogen and oxygen atoms in total. The van der Waals surface area contributed by atoms with Crippen molar-refractivity contribution in [2.75, 3.05) is 52.5 Å². The number of nitrogens with zero attached hydrogens (tertiary/aromatic N) is 1. The Morgan fingerprint density at radius 3 is 2.36 bits per heavy atom. The van der Waals surface area contributed by atoms with E-state index < -0.39 is 10.0 Å². The molecule has 0 aromatic heterocycles. The lowest BCUT2D eigenvalue weighted by atomic mass is 10.3. The minimum Gasteiger partial charge on any atom is -0.486 e. The molecule has 1 aromatic rings. The van der Waals surface area contributed by atoms with Gasteiger partial charge in [0.15, 0.2) is 11.5 Å². The van der Waals surface area contributed by atoms with Crippen LogP contribution >= 0.6 is 36.4 Å². The number of hydrogen-bond acceptors (Lipinski definition) is 6.